The highest BCUT2D eigenvalue weighted by atomic mass is 16.5. The Morgan fingerprint density at radius 2 is 2.21 bits per heavy atom. The van der Waals surface area contributed by atoms with Crippen LogP contribution >= 0.6 is 0 Å². The molecule has 0 bridgehead atoms. The lowest BCUT2D eigenvalue weighted by atomic mass is 10.0. The SMILES string of the molecule is Cc1ccc(CC(=O)N2CCOC(CN)C2)cc1C. The van der Waals surface area contributed by atoms with Crippen molar-refractivity contribution in [3.05, 3.63) is 34.9 Å². The van der Waals surface area contributed by atoms with Crippen LogP contribution in [0.4, 0.5) is 0 Å². The molecule has 4 nitrogen and oxygen atoms in total. The Hall–Kier alpha value is -1.39. The molecule has 0 aromatic heterocycles. The van der Waals surface area contributed by atoms with Crippen LogP contribution in [0.25, 0.3) is 0 Å². The third-order valence-corrected chi connectivity index (χ3v) is 3.68. The van der Waals surface area contributed by atoms with E-state index in [0.29, 0.717) is 32.7 Å². The lowest BCUT2D eigenvalue weighted by molar-refractivity contribution is -0.137. The maximum atomic E-state index is 12.3. The van der Waals surface area contributed by atoms with Crippen LogP contribution in [0.2, 0.25) is 0 Å². The second kappa shape index (κ2) is 6.17. The van der Waals surface area contributed by atoms with Gasteiger partial charge in [-0.3, -0.25) is 4.79 Å². The largest absolute Gasteiger partial charge is 0.373 e. The zero-order chi connectivity index (χ0) is 13.8. The van der Waals surface area contributed by atoms with Gasteiger partial charge >= 0.3 is 0 Å². The van der Waals surface area contributed by atoms with Crippen molar-refractivity contribution in [3.8, 4) is 0 Å². The number of carbonyl (C=O) groups excluding carboxylic acids is 1. The Bertz CT molecular complexity index is 459. The minimum atomic E-state index is -0.0162. The number of hydrogen-bond acceptors (Lipinski definition) is 3. The van der Waals surface area contributed by atoms with Crippen LogP contribution in [0.5, 0.6) is 0 Å². The van der Waals surface area contributed by atoms with Crippen LogP contribution < -0.4 is 5.73 Å². The van der Waals surface area contributed by atoms with Crippen molar-refractivity contribution in [1.29, 1.82) is 0 Å². The number of amides is 1. The number of benzene rings is 1. The summed E-state index contributed by atoms with van der Waals surface area (Å²) in [6.45, 7) is 6.48. The first-order valence-corrected chi connectivity index (χ1v) is 6.75. The summed E-state index contributed by atoms with van der Waals surface area (Å²) in [6.07, 6.45) is 0.441. The van der Waals surface area contributed by atoms with Crippen LogP contribution in [-0.2, 0) is 16.0 Å². The van der Waals surface area contributed by atoms with E-state index in [1.165, 1.54) is 11.1 Å². The first kappa shape index (κ1) is 14.0. The van der Waals surface area contributed by atoms with Crippen LogP contribution in [0.1, 0.15) is 16.7 Å². The molecular formula is C15H22N2O2. The molecule has 1 atom stereocenters. The van der Waals surface area contributed by atoms with Gasteiger partial charge in [-0.05, 0) is 30.5 Å². The van der Waals surface area contributed by atoms with E-state index in [2.05, 4.69) is 26.0 Å². The normalized spacial score (nSPS) is 19.5. The topological polar surface area (TPSA) is 55.6 Å². The summed E-state index contributed by atoms with van der Waals surface area (Å²) < 4.78 is 5.47. The predicted molar refractivity (Wildman–Crippen MR) is 75.0 cm³/mol. The third-order valence-electron chi connectivity index (χ3n) is 3.68. The molecule has 1 fully saturated rings. The molecule has 0 aliphatic carbocycles. The highest BCUT2D eigenvalue weighted by molar-refractivity contribution is 5.79. The predicted octanol–water partition coefficient (Wildman–Crippen LogP) is 1.03. The van der Waals surface area contributed by atoms with Crippen molar-refractivity contribution in [2.45, 2.75) is 26.4 Å². The molecule has 1 aliphatic rings. The Morgan fingerprint density at radius 3 is 2.89 bits per heavy atom. The molecule has 0 radical (unpaired) electrons. The molecule has 1 heterocycles. The Morgan fingerprint density at radius 1 is 1.42 bits per heavy atom. The Kier molecular flexibility index (Phi) is 4.56. The van der Waals surface area contributed by atoms with Gasteiger partial charge in [0.05, 0.1) is 19.1 Å². The second-order valence-electron chi connectivity index (χ2n) is 5.16. The van der Waals surface area contributed by atoms with Crippen LogP contribution in [-0.4, -0.2) is 43.2 Å². The number of nitrogens with two attached hydrogens (primary N) is 1. The van der Waals surface area contributed by atoms with Gasteiger partial charge in [-0.1, -0.05) is 18.2 Å². The fourth-order valence-corrected chi connectivity index (χ4v) is 2.29. The average Bonchev–Trinajstić information content (AvgIpc) is 2.43. The van der Waals surface area contributed by atoms with Gasteiger partial charge in [-0.2, -0.15) is 0 Å². The molecule has 1 saturated heterocycles. The van der Waals surface area contributed by atoms with Gasteiger partial charge in [0.1, 0.15) is 0 Å². The summed E-state index contributed by atoms with van der Waals surface area (Å²) in [5, 5.41) is 0. The van der Waals surface area contributed by atoms with E-state index < -0.39 is 0 Å². The first-order chi connectivity index (χ1) is 9.10. The summed E-state index contributed by atoms with van der Waals surface area (Å²) in [4.78, 5) is 14.1. The maximum Gasteiger partial charge on any atom is 0.227 e. The summed E-state index contributed by atoms with van der Waals surface area (Å²) in [5.74, 6) is 0.157. The summed E-state index contributed by atoms with van der Waals surface area (Å²) in [5.41, 5.74) is 9.15. The molecule has 19 heavy (non-hydrogen) atoms. The third kappa shape index (κ3) is 3.55. The van der Waals surface area contributed by atoms with E-state index in [1.54, 1.807) is 0 Å². The zero-order valence-corrected chi connectivity index (χ0v) is 11.7. The van der Waals surface area contributed by atoms with Crippen molar-refractivity contribution >= 4 is 5.91 Å². The molecular weight excluding hydrogens is 240 g/mol. The second-order valence-corrected chi connectivity index (χ2v) is 5.16. The molecule has 2 N–H and O–H groups in total. The summed E-state index contributed by atoms with van der Waals surface area (Å²) in [7, 11) is 0. The van der Waals surface area contributed by atoms with Gasteiger partial charge in [0.2, 0.25) is 5.91 Å². The van der Waals surface area contributed by atoms with Crippen molar-refractivity contribution in [2.24, 2.45) is 5.73 Å². The highest BCUT2D eigenvalue weighted by Gasteiger charge is 2.23. The van der Waals surface area contributed by atoms with Gasteiger partial charge in [-0.25, -0.2) is 0 Å². The van der Waals surface area contributed by atoms with E-state index in [4.69, 9.17) is 10.5 Å². The van der Waals surface area contributed by atoms with Gasteiger partial charge in [0.15, 0.2) is 0 Å². The fraction of sp³-hybridized carbons (Fsp3) is 0.533. The number of hydrogen-bond donors (Lipinski definition) is 1. The molecule has 4 heteroatoms. The van der Waals surface area contributed by atoms with Crippen LogP contribution in [0, 0.1) is 13.8 Å². The van der Waals surface area contributed by atoms with Crippen molar-refractivity contribution in [3.63, 3.8) is 0 Å². The smallest absolute Gasteiger partial charge is 0.227 e. The van der Waals surface area contributed by atoms with Crippen LogP contribution in [0.15, 0.2) is 18.2 Å². The highest BCUT2D eigenvalue weighted by Crippen LogP contribution is 2.12. The monoisotopic (exact) mass is 262 g/mol. The van der Waals surface area contributed by atoms with Crippen LogP contribution in [0.3, 0.4) is 0 Å². The molecule has 0 saturated carbocycles. The molecule has 1 unspecified atom stereocenters. The van der Waals surface area contributed by atoms with Gasteiger partial charge in [-0.15, -0.1) is 0 Å². The minimum Gasteiger partial charge on any atom is -0.373 e. The molecule has 1 amide bonds. The number of morpholine rings is 1. The Labute approximate surface area is 114 Å². The van der Waals surface area contributed by atoms with Crippen molar-refractivity contribution in [1.82, 2.24) is 4.90 Å². The van der Waals surface area contributed by atoms with Crippen molar-refractivity contribution in [2.75, 3.05) is 26.2 Å². The molecule has 1 aromatic rings. The number of carbonyl (C=O) groups is 1. The standard InChI is InChI=1S/C15H22N2O2/c1-11-3-4-13(7-12(11)2)8-15(18)17-5-6-19-14(9-16)10-17/h3-4,7,14H,5-6,8-10,16H2,1-2H3. The molecule has 1 aliphatic heterocycles. The lowest BCUT2D eigenvalue weighted by Crippen LogP contribution is -2.48. The molecule has 0 spiro atoms. The van der Waals surface area contributed by atoms with E-state index in [0.717, 1.165) is 5.56 Å². The quantitative estimate of drug-likeness (QED) is 0.885. The van der Waals surface area contributed by atoms with Gasteiger partial charge < -0.3 is 15.4 Å². The molecule has 1 aromatic carbocycles. The zero-order valence-electron chi connectivity index (χ0n) is 11.7. The van der Waals surface area contributed by atoms with E-state index >= 15 is 0 Å². The van der Waals surface area contributed by atoms with E-state index in [-0.39, 0.29) is 12.0 Å². The molecule has 104 valence electrons. The fourth-order valence-electron chi connectivity index (χ4n) is 2.29. The minimum absolute atomic E-state index is 0.0162. The number of rotatable bonds is 3. The lowest BCUT2D eigenvalue weighted by Gasteiger charge is -2.32. The molecule has 2 rings (SSSR count). The maximum absolute atomic E-state index is 12.3. The number of nitrogens with zero attached hydrogens (tertiary/aromatic N) is 1. The average molecular weight is 262 g/mol. The van der Waals surface area contributed by atoms with E-state index in [9.17, 15) is 4.79 Å². The Balaban J connectivity index is 1.98. The van der Waals surface area contributed by atoms with Crippen molar-refractivity contribution < 1.29 is 9.53 Å². The van der Waals surface area contributed by atoms with E-state index in [1.807, 2.05) is 11.0 Å². The summed E-state index contributed by atoms with van der Waals surface area (Å²) in [6, 6.07) is 6.19. The van der Waals surface area contributed by atoms with Gasteiger partial charge in [0.25, 0.3) is 0 Å². The van der Waals surface area contributed by atoms with Gasteiger partial charge in [0, 0.05) is 19.6 Å². The number of aryl methyl sites for hydroxylation is 2. The number of ether oxygens (including phenoxy) is 1. The first-order valence-electron chi connectivity index (χ1n) is 6.75. The summed E-state index contributed by atoms with van der Waals surface area (Å²) >= 11 is 0.